The SMILES string of the molecule is C=CC#C[Se]C. The van der Waals surface area contributed by atoms with Crippen LogP contribution in [0.15, 0.2) is 12.7 Å². The van der Waals surface area contributed by atoms with Crippen LogP contribution in [0.1, 0.15) is 0 Å². The molecule has 0 bridgehead atoms. The third-order valence-electron chi connectivity index (χ3n) is 0.263. The molecule has 6 heavy (non-hydrogen) atoms. The fourth-order valence-corrected chi connectivity index (χ4v) is 0.523. The monoisotopic (exact) mass is 146 g/mol. The van der Waals surface area contributed by atoms with Gasteiger partial charge >= 0.3 is 44.2 Å². The first-order chi connectivity index (χ1) is 2.91. The molecule has 32 valence electrons. The van der Waals surface area contributed by atoms with Crippen molar-refractivity contribution in [1.29, 1.82) is 0 Å². The van der Waals surface area contributed by atoms with E-state index >= 15 is 0 Å². The average Bonchev–Trinajstić information content (AvgIpc) is 1.61. The molecule has 0 rings (SSSR count). The molecule has 0 aromatic rings. The maximum atomic E-state index is 3.43. The van der Waals surface area contributed by atoms with Crippen molar-refractivity contribution in [2.45, 2.75) is 5.82 Å². The van der Waals surface area contributed by atoms with Crippen molar-refractivity contribution >= 4 is 15.0 Å². The molecule has 0 radical (unpaired) electrons. The van der Waals surface area contributed by atoms with E-state index in [2.05, 4.69) is 23.1 Å². The molecule has 0 heterocycles. The van der Waals surface area contributed by atoms with Gasteiger partial charge in [-0.25, -0.2) is 0 Å². The van der Waals surface area contributed by atoms with Gasteiger partial charge in [-0.3, -0.25) is 0 Å². The van der Waals surface area contributed by atoms with E-state index in [0.717, 1.165) is 0 Å². The van der Waals surface area contributed by atoms with Gasteiger partial charge < -0.3 is 0 Å². The fourth-order valence-electron chi connectivity index (χ4n) is 0.101. The van der Waals surface area contributed by atoms with Gasteiger partial charge in [-0.2, -0.15) is 0 Å². The van der Waals surface area contributed by atoms with Gasteiger partial charge in [-0.05, 0) is 0 Å². The third-order valence-corrected chi connectivity index (χ3v) is 0.939. The summed E-state index contributed by atoms with van der Waals surface area (Å²) in [6.45, 7) is 3.43. The molecule has 0 saturated heterocycles. The predicted octanol–water partition coefficient (Wildman–Crippen LogP) is 0.886. The normalized spacial score (nSPS) is 5.50. The van der Waals surface area contributed by atoms with Crippen LogP contribution in [0.5, 0.6) is 0 Å². The Kier molecular flexibility index (Phi) is 4.67. The van der Waals surface area contributed by atoms with Crippen molar-refractivity contribution in [2.75, 3.05) is 0 Å². The minimum absolute atomic E-state index is 0.494. The van der Waals surface area contributed by atoms with Gasteiger partial charge in [-0.15, -0.1) is 0 Å². The van der Waals surface area contributed by atoms with Crippen molar-refractivity contribution in [2.24, 2.45) is 0 Å². The van der Waals surface area contributed by atoms with E-state index in [1.165, 1.54) is 0 Å². The van der Waals surface area contributed by atoms with Crippen LogP contribution in [0.25, 0.3) is 0 Å². The van der Waals surface area contributed by atoms with Gasteiger partial charge in [0.05, 0.1) is 0 Å². The quantitative estimate of drug-likeness (QED) is 0.350. The van der Waals surface area contributed by atoms with E-state index in [1.807, 2.05) is 0 Å². The fraction of sp³-hybridized carbons (Fsp3) is 0.200. The molecule has 0 aliphatic heterocycles. The first-order valence-corrected chi connectivity index (χ1v) is 4.13. The summed E-state index contributed by atoms with van der Waals surface area (Å²) < 4.78 is 0. The summed E-state index contributed by atoms with van der Waals surface area (Å²) in [5, 5.41) is 0. The van der Waals surface area contributed by atoms with Crippen molar-refractivity contribution in [3.8, 4) is 10.7 Å². The zero-order valence-corrected chi connectivity index (χ0v) is 5.41. The molecule has 0 saturated carbocycles. The Labute approximate surface area is 44.8 Å². The molecule has 0 fully saturated rings. The zero-order chi connectivity index (χ0) is 4.83. The van der Waals surface area contributed by atoms with Crippen LogP contribution in [0, 0.1) is 10.7 Å². The van der Waals surface area contributed by atoms with Gasteiger partial charge in [0.2, 0.25) is 0 Å². The number of hydrogen-bond acceptors (Lipinski definition) is 0. The summed E-state index contributed by atoms with van der Waals surface area (Å²) in [6, 6.07) is 0. The maximum absolute atomic E-state index is 3.43. The molecule has 0 aliphatic rings. The number of hydrogen-bond donors (Lipinski definition) is 0. The summed E-state index contributed by atoms with van der Waals surface area (Å²) in [5.74, 6) is 4.81. The van der Waals surface area contributed by atoms with Crippen LogP contribution in [0.2, 0.25) is 5.82 Å². The molecule has 0 aromatic heterocycles. The van der Waals surface area contributed by atoms with Crippen LogP contribution >= 0.6 is 0 Å². The Hall–Kier alpha value is -0.181. The van der Waals surface area contributed by atoms with E-state index in [-0.39, 0.29) is 0 Å². The molecule has 0 spiro atoms. The second-order valence-electron chi connectivity index (χ2n) is 0.655. The van der Waals surface area contributed by atoms with E-state index in [0.29, 0.717) is 15.0 Å². The van der Waals surface area contributed by atoms with Gasteiger partial charge in [0.15, 0.2) is 0 Å². The Morgan fingerprint density at radius 3 is 2.67 bits per heavy atom. The molecule has 1 heteroatoms. The molecule has 0 unspecified atom stereocenters. The Balaban J connectivity index is 3.13. The van der Waals surface area contributed by atoms with Crippen LogP contribution in [0.3, 0.4) is 0 Å². The first-order valence-electron chi connectivity index (χ1n) is 1.56. The molecule has 0 nitrogen and oxygen atoms in total. The topological polar surface area (TPSA) is 0 Å². The van der Waals surface area contributed by atoms with Gasteiger partial charge in [-0.1, -0.05) is 0 Å². The zero-order valence-electron chi connectivity index (χ0n) is 3.69. The van der Waals surface area contributed by atoms with Gasteiger partial charge in [0.1, 0.15) is 0 Å². The van der Waals surface area contributed by atoms with Crippen molar-refractivity contribution < 1.29 is 0 Å². The van der Waals surface area contributed by atoms with Crippen LogP contribution in [-0.4, -0.2) is 15.0 Å². The van der Waals surface area contributed by atoms with Crippen molar-refractivity contribution in [3.05, 3.63) is 12.7 Å². The van der Waals surface area contributed by atoms with E-state index < -0.39 is 0 Å². The average molecular weight is 145 g/mol. The molecule has 0 atom stereocenters. The second kappa shape index (κ2) is 4.82. The van der Waals surface area contributed by atoms with Crippen LogP contribution in [0.4, 0.5) is 0 Å². The van der Waals surface area contributed by atoms with E-state index in [9.17, 15) is 0 Å². The standard InChI is InChI=1S/C5H6Se/c1-3-4-5-6-2/h3H,1H2,2H3. The summed E-state index contributed by atoms with van der Waals surface area (Å²) in [4.78, 5) is 2.89. The Bertz CT molecular complexity index is 83.8. The summed E-state index contributed by atoms with van der Waals surface area (Å²) >= 11 is 0.494. The molecular weight excluding hydrogens is 139 g/mol. The molecule has 0 amide bonds. The predicted molar refractivity (Wildman–Crippen MR) is 29.6 cm³/mol. The molecule has 0 aromatic carbocycles. The van der Waals surface area contributed by atoms with Crippen LogP contribution < -0.4 is 0 Å². The molecular formula is C5H6Se. The number of allylic oxidation sites excluding steroid dienone is 1. The van der Waals surface area contributed by atoms with Gasteiger partial charge in [0.25, 0.3) is 0 Å². The minimum atomic E-state index is 0.494. The summed E-state index contributed by atoms with van der Waals surface area (Å²) in [5.41, 5.74) is 0. The van der Waals surface area contributed by atoms with Crippen molar-refractivity contribution in [3.63, 3.8) is 0 Å². The first kappa shape index (κ1) is 5.82. The molecule has 0 aliphatic carbocycles. The third kappa shape index (κ3) is 3.82. The summed E-state index contributed by atoms with van der Waals surface area (Å²) in [7, 11) is 0. The molecule has 0 N–H and O–H groups in total. The Morgan fingerprint density at radius 2 is 2.50 bits per heavy atom. The van der Waals surface area contributed by atoms with Crippen molar-refractivity contribution in [1.82, 2.24) is 0 Å². The van der Waals surface area contributed by atoms with Crippen LogP contribution in [-0.2, 0) is 0 Å². The second-order valence-corrected chi connectivity index (χ2v) is 1.94. The summed E-state index contributed by atoms with van der Waals surface area (Å²) in [6.07, 6.45) is 1.62. The van der Waals surface area contributed by atoms with Gasteiger partial charge in [0, 0.05) is 0 Å². The van der Waals surface area contributed by atoms with E-state index in [4.69, 9.17) is 0 Å². The Morgan fingerprint density at radius 1 is 1.83 bits per heavy atom. The van der Waals surface area contributed by atoms with E-state index in [1.54, 1.807) is 6.08 Å². The number of rotatable bonds is 0.